The topological polar surface area (TPSA) is 39.7 Å². The van der Waals surface area contributed by atoms with Gasteiger partial charge in [-0.25, -0.2) is 8.78 Å². The van der Waals surface area contributed by atoms with Crippen molar-refractivity contribution in [3.8, 4) is 0 Å². The molecule has 0 spiro atoms. The average Bonchev–Trinajstić information content (AvgIpc) is 2.96. The Morgan fingerprint density at radius 2 is 2.00 bits per heavy atom. The summed E-state index contributed by atoms with van der Waals surface area (Å²) in [6, 6.07) is 3.19. The number of nitrogens with one attached hydrogen (secondary N) is 2. The van der Waals surface area contributed by atoms with Gasteiger partial charge in [0.25, 0.3) is 0 Å². The van der Waals surface area contributed by atoms with Crippen LogP contribution in [-0.4, -0.2) is 50.3 Å². The Hall–Kier alpha value is -1.17. The first-order valence-electron chi connectivity index (χ1n) is 7.94. The summed E-state index contributed by atoms with van der Waals surface area (Å²) in [4.78, 5) is 5.36. The third-order valence-corrected chi connectivity index (χ3v) is 4.01. The van der Waals surface area contributed by atoms with E-state index in [-0.39, 0.29) is 42.0 Å². The van der Waals surface area contributed by atoms with E-state index in [1.165, 1.54) is 11.9 Å². The number of halogens is 6. The predicted octanol–water partition coefficient (Wildman–Crippen LogP) is 3.13. The van der Waals surface area contributed by atoms with Gasteiger partial charge in [0.15, 0.2) is 5.96 Å². The van der Waals surface area contributed by atoms with Crippen LogP contribution in [0.25, 0.3) is 0 Å². The first-order valence-corrected chi connectivity index (χ1v) is 7.94. The maximum absolute atomic E-state index is 13.6. The number of likely N-dealkylation sites (tertiary alicyclic amines) is 1. The number of aliphatic imine (C=N–C) groups is 1. The molecule has 1 aliphatic rings. The van der Waals surface area contributed by atoms with Crippen LogP contribution in [0.2, 0.25) is 0 Å². The van der Waals surface area contributed by atoms with E-state index < -0.39 is 24.4 Å². The molecule has 1 saturated heterocycles. The first-order chi connectivity index (χ1) is 11.8. The van der Waals surface area contributed by atoms with Crippen molar-refractivity contribution >= 4 is 29.9 Å². The number of guanidine groups is 1. The molecule has 1 unspecified atom stereocenters. The zero-order valence-electron chi connectivity index (χ0n) is 14.2. The maximum Gasteiger partial charge on any atom is 0.401 e. The van der Waals surface area contributed by atoms with E-state index in [1.807, 2.05) is 0 Å². The normalized spacial score (nSPS) is 18.5. The highest BCUT2D eigenvalue weighted by molar-refractivity contribution is 14.0. The van der Waals surface area contributed by atoms with Gasteiger partial charge in [0.2, 0.25) is 0 Å². The average molecular weight is 492 g/mol. The summed E-state index contributed by atoms with van der Waals surface area (Å²) in [5.41, 5.74) is 0.167. The lowest BCUT2D eigenvalue weighted by Crippen LogP contribution is -2.40. The van der Waals surface area contributed by atoms with Crippen LogP contribution in [0.15, 0.2) is 23.2 Å². The monoisotopic (exact) mass is 492 g/mol. The van der Waals surface area contributed by atoms with Gasteiger partial charge in [0.05, 0.1) is 6.54 Å². The Bertz CT molecular complexity index is 609. The highest BCUT2D eigenvalue weighted by atomic mass is 127. The minimum absolute atomic E-state index is 0. The fourth-order valence-corrected chi connectivity index (χ4v) is 2.80. The van der Waals surface area contributed by atoms with Gasteiger partial charge in [0.1, 0.15) is 11.6 Å². The van der Waals surface area contributed by atoms with Gasteiger partial charge < -0.3 is 10.6 Å². The van der Waals surface area contributed by atoms with E-state index in [1.54, 1.807) is 0 Å². The van der Waals surface area contributed by atoms with Gasteiger partial charge >= 0.3 is 6.18 Å². The molecule has 1 aromatic rings. The van der Waals surface area contributed by atoms with Crippen LogP contribution in [0, 0.1) is 17.6 Å². The van der Waals surface area contributed by atoms with Crippen molar-refractivity contribution in [2.24, 2.45) is 10.9 Å². The van der Waals surface area contributed by atoms with Gasteiger partial charge in [-0.3, -0.25) is 9.89 Å². The molecule has 0 amide bonds. The van der Waals surface area contributed by atoms with Crippen LogP contribution < -0.4 is 10.6 Å². The van der Waals surface area contributed by atoms with Crippen molar-refractivity contribution < 1.29 is 22.0 Å². The lowest BCUT2D eigenvalue weighted by molar-refractivity contribution is -0.143. The smallest absolute Gasteiger partial charge is 0.356 e. The molecule has 4 nitrogen and oxygen atoms in total. The highest BCUT2D eigenvalue weighted by Crippen LogP contribution is 2.22. The molecule has 0 saturated carbocycles. The van der Waals surface area contributed by atoms with E-state index in [2.05, 4.69) is 15.6 Å². The Morgan fingerprint density at radius 3 is 2.65 bits per heavy atom. The van der Waals surface area contributed by atoms with E-state index in [4.69, 9.17) is 0 Å². The molecule has 1 atom stereocenters. The van der Waals surface area contributed by atoms with E-state index in [0.29, 0.717) is 32.0 Å². The molecule has 1 fully saturated rings. The van der Waals surface area contributed by atoms with Gasteiger partial charge in [-0.2, -0.15) is 13.2 Å². The predicted molar refractivity (Wildman–Crippen MR) is 101 cm³/mol. The van der Waals surface area contributed by atoms with Gasteiger partial charge in [-0.15, -0.1) is 24.0 Å². The molecule has 2 N–H and O–H groups in total. The molecule has 0 radical (unpaired) electrons. The number of nitrogens with zero attached hydrogens (tertiary/aromatic N) is 2. The van der Waals surface area contributed by atoms with Crippen LogP contribution in [-0.2, 0) is 6.54 Å². The molecule has 1 aliphatic heterocycles. The molecule has 10 heteroatoms. The van der Waals surface area contributed by atoms with Crippen molar-refractivity contribution in [3.05, 3.63) is 35.4 Å². The molecular weight excluding hydrogens is 470 g/mol. The van der Waals surface area contributed by atoms with Crippen LogP contribution in [0.4, 0.5) is 22.0 Å². The number of benzene rings is 1. The zero-order valence-corrected chi connectivity index (χ0v) is 16.6. The second kappa shape index (κ2) is 10.2. The number of rotatable bonds is 5. The molecule has 2 rings (SSSR count). The second-order valence-electron chi connectivity index (χ2n) is 6.05. The molecular formula is C16H22F5IN4. The summed E-state index contributed by atoms with van der Waals surface area (Å²) in [5, 5.41) is 5.88. The summed E-state index contributed by atoms with van der Waals surface area (Å²) in [5.74, 6) is -0.593. The van der Waals surface area contributed by atoms with Crippen molar-refractivity contribution in [2.75, 3.05) is 33.2 Å². The van der Waals surface area contributed by atoms with Crippen molar-refractivity contribution in [3.63, 3.8) is 0 Å². The summed E-state index contributed by atoms with van der Waals surface area (Å²) in [6.07, 6.45) is -3.52. The fourth-order valence-electron chi connectivity index (χ4n) is 2.80. The Kier molecular flexibility index (Phi) is 9.01. The standard InChI is InChI=1S/C16H21F5N4.HI/c1-22-15(24-8-12-6-13(17)2-3-14(12)18)23-7-11-4-5-25(9-11)10-16(19,20)21;/h2-3,6,11H,4-5,7-10H2,1H3,(H2,22,23,24);1H. The summed E-state index contributed by atoms with van der Waals surface area (Å²) < 4.78 is 63.9. The Labute approximate surface area is 166 Å². The van der Waals surface area contributed by atoms with Crippen molar-refractivity contribution in [1.29, 1.82) is 0 Å². The molecule has 148 valence electrons. The number of alkyl halides is 3. The zero-order chi connectivity index (χ0) is 18.4. The maximum atomic E-state index is 13.6. The highest BCUT2D eigenvalue weighted by Gasteiger charge is 2.34. The molecule has 1 aromatic carbocycles. The quantitative estimate of drug-likeness (QED) is 0.287. The fraction of sp³-hybridized carbons (Fsp3) is 0.562. The Morgan fingerprint density at radius 1 is 1.27 bits per heavy atom. The number of hydrogen-bond acceptors (Lipinski definition) is 2. The van der Waals surface area contributed by atoms with Crippen LogP contribution in [0.5, 0.6) is 0 Å². The van der Waals surface area contributed by atoms with Gasteiger partial charge in [-0.1, -0.05) is 0 Å². The summed E-state index contributed by atoms with van der Waals surface area (Å²) in [6.45, 7) is 0.386. The Balaban J connectivity index is 0.00000338. The molecule has 0 bridgehead atoms. The van der Waals surface area contributed by atoms with Crippen LogP contribution >= 0.6 is 24.0 Å². The summed E-state index contributed by atoms with van der Waals surface area (Å²) >= 11 is 0. The largest absolute Gasteiger partial charge is 0.401 e. The third kappa shape index (κ3) is 7.60. The minimum Gasteiger partial charge on any atom is -0.356 e. The SMILES string of the molecule is CN=C(NCc1cc(F)ccc1F)NCC1CCN(CC(F)(F)F)C1.I. The molecule has 0 aliphatic carbocycles. The van der Waals surface area contributed by atoms with E-state index in [0.717, 1.165) is 18.2 Å². The molecule has 26 heavy (non-hydrogen) atoms. The van der Waals surface area contributed by atoms with Gasteiger partial charge in [-0.05, 0) is 37.1 Å². The minimum atomic E-state index is -4.19. The number of hydrogen-bond donors (Lipinski definition) is 2. The third-order valence-electron chi connectivity index (χ3n) is 4.01. The van der Waals surface area contributed by atoms with Crippen molar-refractivity contribution in [1.82, 2.24) is 15.5 Å². The lowest BCUT2D eigenvalue weighted by Gasteiger charge is -2.18. The van der Waals surface area contributed by atoms with Crippen LogP contribution in [0.1, 0.15) is 12.0 Å². The van der Waals surface area contributed by atoms with Crippen molar-refractivity contribution in [2.45, 2.75) is 19.1 Å². The summed E-state index contributed by atoms with van der Waals surface area (Å²) in [7, 11) is 1.53. The van der Waals surface area contributed by atoms with Crippen LogP contribution in [0.3, 0.4) is 0 Å². The molecule has 1 heterocycles. The first kappa shape index (κ1) is 22.9. The van der Waals surface area contributed by atoms with E-state index in [9.17, 15) is 22.0 Å². The second-order valence-corrected chi connectivity index (χ2v) is 6.05. The van der Waals surface area contributed by atoms with Gasteiger partial charge in [0, 0.05) is 32.2 Å². The van der Waals surface area contributed by atoms with E-state index >= 15 is 0 Å². The lowest BCUT2D eigenvalue weighted by atomic mass is 10.1. The molecule has 0 aromatic heterocycles.